The van der Waals surface area contributed by atoms with Crippen molar-refractivity contribution in [2.24, 2.45) is 0 Å². The Morgan fingerprint density at radius 1 is 1.08 bits per heavy atom. The standard InChI is InChI=1S/C21H20N2OS2/c24-20(19-14-22-21(26-19)23-11-4-5-12-23)17-9-6-10-18(13-17)25-15-16-7-2-1-3-8-16/h1-3,6-10,13-14H,4-5,11-12,15H2. The van der Waals surface area contributed by atoms with Gasteiger partial charge in [-0.05, 0) is 30.5 Å². The van der Waals surface area contributed by atoms with Crippen molar-refractivity contribution in [1.82, 2.24) is 4.98 Å². The van der Waals surface area contributed by atoms with Crippen molar-refractivity contribution in [3.8, 4) is 0 Å². The van der Waals surface area contributed by atoms with Gasteiger partial charge in [0.2, 0.25) is 5.78 Å². The number of ketones is 1. The summed E-state index contributed by atoms with van der Waals surface area (Å²) in [5.74, 6) is 0.966. The Balaban J connectivity index is 1.46. The molecule has 1 saturated heterocycles. The minimum Gasteiger partial charge on any atom is -0.348 e. The van der Waals surface area contributed by atoms with E-state index in [1.807, 2.05) is 24.3 Å². The van der Waals surface area contributed by atoms with Gasteiger partial charge in [0.05, 0.1) is 11.1 Å². The second-order valence-corrected chi connectivity index (χ2v) is 8.39. The summed E-state index contributed by atoms with van der Waals surface area (Å²) in [6.45, 7) is 2.10. The number of benzene rings is 2. The number of carbonyl (C=O) groups is 1. The van der Waals surface area contributed by atoms with Crippen molar-refractivity contribution in [2.45, 2.75) is 23.5 Å². The minimum absolute atomic E-state index is 0.0649. The van der Waals surface area contributed by atoms with Crippen molar-refractivity contribution in [1.29, 1.82) is 0 Å². The molecule has 1 aliphatic rings. The Kier molecular flexibility index (Phi) is 5.37. The van der Waals surface area contributed by atoms with Crippen molar-refractivity contribution >= 4 is 34.0 Å². The summed E-state index contributed by atoms with van der Waals surface area (Å²) in [7, 11) is 0. The maximum atomic E-state index is 12.8. The molecule has 1 fully saturated rings. The van der Waals surface area contributed by atoms with Crippen LogP contribution in [0.3, 0.4) is 0 Å². The maximum absolute atomic E-state index is 12.8. The molecule has 5 heteroatoms. The van der Waals surface area contributed by atoms with Crippen molar-refractivity contribution in [2.75, 3.05) is 18.0 Å². The van der Waals surface area contributed by atoms with E-state index in [0.29, 0.717) is 0 Å². The van der Waals surface area contributed by atoms with E-state index in [4.69, 9.17) is 0 Å². The lowest BCUT2D eigenvalue weighted by Gasteiger charge is -2.11. The molecule has 0 atom stereocenters. The lowest BCUT2D eigenvalue weighted by molar-refractivity contribution is 0.104. The highest BCUT2D eigenvalue weighted by Gasteiger charge is 2.19. The van der Waals surface area contributed by atoms with Crippen LogP contribution in [0.1, 0.15) is 33.6 Å². The van der Waals surface area contributed by atoms with E-state index in [9.17, 15) is 4.79 Å². The van der Waals surface area contributed by atoms with E-state index >= 15 is 0 Å². The fourth-order valence-electron chi connectivity index (χ4n) is 3.03. The molecule has 0 N–H and O–H groups in total. The zero-order valence-corrected chi connectivity index (χ0v) is 16.1. The van der Waals surface area contributed by atoms with Crippen LogP contribution in [0.4, 0.5) is 5.13 Å². The fraction of sp³-hybridized carbons (Fsp3) is 0.238. The molecule has 1 aromatic heterocycles. The molecule has 2 heterocycles. The second-order valence-electron chi connectivity index (χ2n) is 6.33. The highest BCUT2D eigenvalue weighted by molar-refractivity contribution is 7.98. The van der Waals surface area contributed by atoms with Crippen LogP contribution >= 0.6 is 23.1 Å². The predicted octanol–water partition coefficient (Wildman–Crippen LogP) is 5.27. The Labute approximate surface area is 162 Å². The SMILES string of the molecule is O=C(c1cccc(SCc2ccccc2)c1)c1cnc(N2CCCC2)s1. The van der Waals surface area contributed by atoms with Crippen molar-refractivity contribution in [3.63, 3.8) is 0 Å². The summed E-state index contributed by atoms with van der Waals surface area (Å²) in [5, 5.41) is 0.973. The summed E-state index contributed by atoms with van der Waals surface area (Å²) in [5.41, 5.74) is 2.02. The van der Waals surface area contributed by atoms with Crippen LogP contribution in [0, 0.1) is 0 Å². The molecule has 26 heavy (non-hydrogen) atoms. The van der Waals surface area contributed by atoms with Gasteiger partial charge in [-0.1, -0.05) is 53.8 Å². The van der Waals surface area contributed by atoms with Gasteiger partial charge in [-0.15, -0.1) is 11.8 Å². The van der Waals surface area contributed by atoms with E-state index in [1.165, 1.54) is 29.7 Å². The molecule has 0 saturated carbocycles. The van der Waals surface area contributed by atoms with Crippen LogP contribution in [-0.2, 0) is 5.75 Å². The Bertz CT molecular complexity index is 886. The first-order valence-corrected chi connectivity index (χ1v) is 10.6. The molecule has 132 valence electrons. The van der Waals surface area contributed by atoms with Gasteiger partial charge in [0.15, 0.2) is 5.13 Å². The monoisotopic (exact) mass is 380 g/mol. The molecule has 3 aromatic rings. The zero-order valence-electron chi connectivity index (χ0n) is 14.4. The number of aromatic nitrogens is 1. The molecule has 0 spiro atoms. The number of thiazole rings is 1. The van der Waals surface area contributed by atoms with Crippen LogP contribution in [0.5, 0.6) is 0 Å². The average molecular weight is 381 g/mol. The highest BCUT2D eigenvalue weighted by Crippen LogP contribution is 2.29. The first-order chi connectivity index (χ1) is 12.8. The number of thioether (sulfide) groups is 1. The molecule has 0 radical (unpaired) electrons. The first kappa shape index (κ1) is 17.3. The molecule has 0 aliphatic carbocycles. The Morgan fingerprint density at radius 3 is 2.69 bits per heavy atom. The summed E-state index contributed by atoms with van der Waals surface area (Å²) < 4.78 is 0. The fourth-order valence-corrected chi connectivity index (χ4v) is 4.88. The van der Waals surface area contributed by atoms with Gasteiger partial charge in [0.1, 0.15) is 0 Å². The summed E-state index contributed by atoms with van der Waals surface area (Å²) in [4.78, 5) is 21.4. The smallest absolute Gasteiger partial charge is 0.204 e. The number of nitrogens with zero attached hydrogens (tertiary/aromatic N) is 2. The van der Waals surface area contributed by atoms with Gasteiger partial charge in [-0.25, -0.2) is 4.98 Å². The Hall–Kier alpha value is -2.11. The Morgan fingerprint density at radius 2 is 1.88 bits per heavy atom. The van der Waals surface area contributed by atoms with E-state index in [2.05, 4.69) is 40.2 Å². The third-order valence-electron chi connectivity index (χ3n) is 4.44. The van der Waals surface area contributed by atoms with Crippen molar-refractivity contribution in [3.05, 3.63) is 76.8 Å². The van der Waals surface area contributed by atoms with Gasteiger partial charge < -0.3 is 4.90 Å². The summed E-state index contributed by atoms with van der Waals surface area (Å²) >= 11 is 3.26. The summed E-state index contributed by atoms with van der Waals surface area (Å²) in [6, 6.07) is 18.3. The topological polar surface area (TPSA) is 33.2 Å². The normalized spacial score (nSPS) is 13.9. The number of anilines is 1. The molecular weight excluding hydrogens is 360 g/mol. The zero-order chi connectivity index (χ0) is 17.8. The van der Waals surface area contributed by atoms with E-state index in [1.54, 1.807) is 18.0 Å². The predicted molar refractivity (Wildman–Crippen MR) is 109 cm³/mol. The van der Waals surface area contributed by atoms with Gasteiger partial charge in [-0.2, -0.15) is 0 Å². The highest BCUT2D eigenvalue weighted by atomic mass is 32.2. The third kappa shape index (κ3) is 4.00. The second kappa shape index (κ2) is 8.06. The van der Waals surface area contributed by atoms with Gasteiger partial charge in [0, 0.05) is 29.3 Å². The van der Waals surface area contributed by atoms with E-state index in [0.717, 1.165) is 39.3 Å². The van der Waals surface area contributed by atoms with E-state index in [-0.39, 0.29) is 5.78 Å². The van der Waals surface area contributed by atoms with Crippen LogP contribution < -0.4 is 4.90 Å². The molecular formula is C21H20N2OS2. The van der Waals surface area contributed by atoms with Crippen molar-refractivity contribution < 1.29 is 4.79 Å². The molecule has 3 nitrogen and oxygen atoms in total. The third-order valence-corrected chi connectivity index (χ3v) is 6.56. The number of hydrogen-bond acceptors (Lipinski definition) is 5. The van der Waals surface area contributed by atoms with Gasteiger partial charge in [0.25, 0.3) is 0 Å². The number of hydrogen-bond donors (Lipinski definition) is 0. The largest absolute Gasteiger partial charge is 0.348 e. The van der Waals surface area contributed by atoms with Gasteiger partial charge >= 0.3 is 0 Å². The molecule has 2 aromatic carbocycles. The lowest BCUT2D eigenvalue weighted by Crippen LogP contribution is -2.16. The first-order valence-electron chi connectivity index (χ1n) is 8.82. The number of rotatable bonds is 6. The molecule has 0 unspecified atom stereocenters. The lowest BCUT2D eigenvalue weighted by atomic mass is 10.1. The molecule has 0 amide bonds. The quantitative estimate of drug-likeness (QED) is 0.431. The van der Waals surface area contributed by atoms with Gasteiger partial charge in [-0.3, -0.25) is 4.79 Å². The number of carbonyl (C=O) groups excluding carboxylic acids is 1. The van der Waals surface area contributed by atoms with Crippen LogP contribution in [0.15, 0.2) is 65.7 Å². The van der Waals surface area contributed by atoms with Crippen LogP contribution in [0.2, 0.25) is 0 Å². The van der Waals surface area contributed by atoms with E-state index < -0.39 is 0 Å². The van der Waals surface area contributed by atoms with Crippen LogP contribution in [-0.4, -0.2) is 23.9 Å². The summed E-state index contributed by atoms with van der Waals surface area (Å²) in [6.07, 6.45) is 4.15. The average Bonchev–Trinajstić information content (AvgIpc) is 3.38. The molecule has 1 aliphatic heterocycles. The molecule has 4 rings (SSSR count). The minimum atomic E-state index is 0.0649. The molecule has 0 bridgehead atoms. The van der Waals surface area contributed by atoms with Crippen LogP contribution in [0.25, 0.3) is 0 Å². The maximum Gasteiger partial charge on any atom is 0.204 e.